The Labute approximate surface area is 103 Å². The SMILES string of the molecule is Cc1cccc(O[C@@H]2CCC[C@H](CN)[C@H]2O)c1. The van der Waals surface area contributed by atoms with Gasteiger partial charge in [-0.1, -0.05) is 12.1 Å². The fourth-order valence-corrected chi connectivity index (χ4v) is 2.48. The highest BCUT2D eigenvalue weighted by Crippen LogP contribution is 2.28. The van der Waals surface area contributed by atoms with E-state index in [2.05, 4.69) is 0 Å². The predicted molar refractivity (Wildman–Crippen MR) is 68.0 cm³/mol. The van der Waals surface area contributed by atoms with Gasteiger partial charge in [-0.2, -0.15) is 0 Å². The van der Waals surface area contributed by atoms with E-state index in [4.69, 9.17) is 10.5 Å². The zero-order valence-corrected chi connectivity index (χ0v) is 10.3. The molecule has 3 N–H and O–H groups in total. The third kappa shape index (κ3) is 2.99. The quantitative estimate of drug-likeness (QED) is 0.840. The molecule has 0 bridgehead atoms. The van der Waals surface area contributed by atoms with E-state index < -0.39 is 6.10 Å². The van der Waals surface area contributed by atoms with Gasteiger partial charge in [0, 0.05) is 5.92 Å². The molecule has 1 aromatic carbocycles. The number of aliphatic hydroxyl groups excluding tert-OH is 1. The largest absolute Gasteiger partial charge is 0.488 e. The summed E-state index contributed by atoms with van der Waals surface area (Å²) in [5.41, 5.74) is 6.83. The summed E-state index contributed by atoms with van der Waals surface area (Å²) >= 11 is 0. The first-order valence-corrected chi connectivity index (χ1v) is 6.32. The molecule has 17 heavy (non-hydrogen) atoms. The minimum Gasteiger partial charge on any atom is -0.488 e. The Morgan fingerprint density at radius 1 is 1.41 bits per heavy atom. The molecule has 0 aliphatic heterocycles. The average Bonchev–Trinajstić information content (AvgIpc) is 2.32. The van der Waals surface area contributed by atoms with Crippen molar-refractivity contribution in [1.82, 2.24) is 0 Å². The van der Waals surface area contributed by atoms with Gasteiger partial charge in [-0.15, -0.1) is 0 Å². The van der Waals surface area contributed by atoms with Crippen molar-refractivity contribution in [1.29, 1.82) is 0 Å². The highest BCUT2D eigenvalue weighted by atomic mass is 16.5. The standard InChI is InChI=1S/C14H21NO2/c1-10-4-2-6-12(8-10)17-13-7-3-5-11(9-15)14(13)16/h2,4,6,8,11,13-14,16H,3,5,7,9,15H2,1H3/t11-,13-,14-/m1/s1. The summed E-state index contributed by atoms with van der Waals surface area (Å²) in [6, 6.07) is 7.94. The molecule has 3 heteroatoms. The maximum absolute atomic E-state index is 10.2. The number of hydrogen-bond donors (Lipinski definition) is 2. The van der Waals surface area contributed by atoms with Crippen LogP contribution in [0.15, 0.2) is 24.3 Å². The summed E-state index contributed by atoms with van der Waals surface area (Å²) in [5.74, 6) is 1.02. The van der Waals surface area contributed by atoms with Gasteiger partial charge in [0.15, 0.2) is 0 Å². The van der Waals surface area contributed by atoms with E-state index >= 15 is 0 Å². The minimum atomic E-state index is -0.436. The molecule has 3 nitrogen and oxygen atoms in total. The van der Waals surface area contributed by atoms with Gasteiger partial charge in [0.05, 0.1) is 6.10 Å². The van der Waals surface area contributed by atoms with Gasteiger partial charge in [-0.25, -0.2) is 0 Å². The molecule has 3 atom stereocenters. The molecule has 2 rings (SSSR count). The predicted octanol–water partition coefficient (Wildman–Crippen LogP) is 1.86. The van der Waals surface area contributed by atoms with E-state index in [1.54, 1.807) is 0 Å². The van der Waals surface area contributed by atoms with Crippen molar-refractivity contribution in [2.24, 2.45) is 11.7 Å². The van der Waals surface area contributed by atoms with Crippen molar-refractivity contribution in [3.8, 4) is 5.75 Å². The molecule has 0 aromatic heterocycles. The van der Waals surface area contributed by atoms with Crippen LogP contribution < -0.4 is 10.5 Å². The highest BCUT2D eigenvalue weighted by molar-refractivity contribution is 5.27. The fraction of sp³-hybridized carbons (Fsp3) is 0.571. The van der Waals surface area contributed by atoms with E-state index in [-0.39, 0.29) is 12.0 Å². The number of nitrogens with two attached hydrogens (primary N) is 1. The molecule has 1 fully saturated rings. The normalized spacial score (nSPS) is 29.0. The summed E-state index contributed by atoms with van der Waals surface area (Å²) in [7, 11) is 0. The van der Waals surface area contributed by atoms with Crippen LogP contribution >= 0.6 is 0 Å². The summed E-state index contributed by atoms with van der Waals surface area (Å²) in [6.07, 6.45) is 2.44. The van der Waals surface area contributed by atoms with Gasteiger partial charge in [-0.3, -0.25) is 0 Å². The Balaban J connectivity index is 2.02. The molecular formula is C14H21NO2. The van der Waals surface area contributed by atoms with Crippen LogP contribution in [0.2, 0.25) is 0 Å². The van der Waals surface area contributed by atoms with Crippen LogP contribution in [-0.4, -0.2) is 23.9 Å². The van der Waals surface area contributed by atoms with Gasteiger partial charge in [0.1, 0.15) is 11.9 Å². The van der Waals surface area contributed by atoms with E-state index in [9.17, 15) is 5.11 Å². The van der Waals surface area contributed by atoms with Crippen LogP contribution in [0.1, 0.15) is 24.8 Å². The smallest absolute Gasteiger partial charge is 0.125 e. The van der Waals surface area contributed by atoms with Gasteiger partial charge in [-0.05, 0) is 50.4 Å². The molecule has 0 unspecified atom stereocenters. The lowest BCUT2D eigenvalue weighted by Gasteiger charge is -2.34. The van der Waals surface area contributed by atoms with Gasteiger partial charge in [0.2, 0.25) is 0 Å². The lowest BCUT2D eigenvalue weighted by Crippen LogP contribution is -2.43. The Hall–Kier alpha value is -1.06. The summed E-state index contributed by atoms with van der Waals surface area (Å²) in [4.78, 5) is 0. The van der Waals surface area contributed by atoms with Crippen molar-refractivity contribution in [2.45, 2.75) is 38.4 Å². The first-order valence-electron chi connectivity index (χ1n) is 6.32. The second kappa shape index (κ2) is 5.52. The molecular weight excluding hydrogens is 214 g/mol. The topological polar surface area (TPSA) is 55.5 Å². The molecule has 0 saturated heterocycles. The van der Waals surface area contributed by atoms with E-state index in [1.807, 2.05) is 31.2 Å². The number of rotatable bonds is 3. The number of hydrogen-bond acceptors (Lipinski definition) is 3. The fourth-order valence-electron chi connectivity index (χ4n) is 2.48. The van der Waals surface area contributed by atoms with Crippen molar-refractivity contribution in [3.63, 3.8) is 0 Å². The Bertz CT molecular complexity index is 367. The number of aliphatic hydroxyl groups is 1. The minimum absolute atomic E-state index is 0.112. The first-order chi connectivity index (χ1) is 8.20. The maximum Gasteiger partial charge on any atom is 0.125 e. The van der Waals surface area contributed by atoms with Crippen LogP contribution in [0, 0.1) is 12.8 Å². The zero-order chi connectivity index (χ0) is 12.3. The van der Waals surface area contributed by atoms with Gasteiger partial charge in [0.25, 0.3) is 0 Å². The molecule has 1 aliphatic rings. The lowest BCUT2D eigenvalue weighted by molar-refractivity contribution is -0.0282. The number of benzene rings is 1. The van der Waals surface area contributed by atoms with Crippen molar-refractivity contribution in [3.05, 3.63) is 29.8 Å². The van der Waals surface area contributed by atoms with Crippen LogP contribution in [-0.2, 0) is 0 Å². The van der Waals surface area contributed by atoms with Gasteiger partial charge < -0.3 is 15.6 Å². The molecule has 1 aliphatic carbocycles. The zero-order valence-electron chi connectivity index (χ0n) is 10.3. The molecule has 1 aromatic rings. The molecule has 0 heterocycles. The first kappa shape index (κ1) is 12.4. The Morgan fingerprint density at radius 3 is 2.94 bits per heavy atom. The Kier molecular flexibility index (Phi) is 4.02. The van der Waals surface area contributed by atoms with E-state index in [0.717, 1.165) is 25.0 Å². The van der Waals surface area contributed by atoms with Crippen LogP contribution in [0.4, 0.5) is 0 Å². The van der Waals surface area contributed by atoms with E-state index in [1.165, 1.54) is 5.56 Å². The van der Waals surface area contributed by atoms with Crippen molar-refractivity contribution >= 4 is 0 Å². The molecule has 0 spiro atoms. The third-order valence-corrected chi connectivity index (χ3v) is 3.51. The Morgan fingerprint density at radius 2 is 2.24 bits per heavy atom. The maximum atomic E-state index is 10.2. The van der Waals surface area contributed by atoms with Gasteiger partial charge >= 0.3 is 0 Å². The second-order valence-corrected chi connectivity index (χ2v) is 4.89. The molecule has 0 amide bonds. The molecule has 1 saturated carbocycles. The highest BCUT2D eigenvalue weighted by Gasteiger charge is 2.32. The summed E-state index contributed by atoms with van der Waals surface area (Å²) in [5, 5.41) is 10.2. The van der Waals surface area contributed by atoms with Crippen molar-refractivity contribution in [2.75, 3.05) is 6.54 Å². The monoisotopic (exact) mass is 235 g/mol. The second-order valence-electron chi connectivity index (χ2n) is 4.89. The summed E-state index contributed by atoms with van der Waals surface area (Å²) < 4.78 is 5.87. The van der Waals surface area contributed by atoms with Crippen LogP contribution in [0.5, 0.6) is 5.75 Å². The van der Waals surface area contributed by atoms with Crippen molar-refractivity contribution < 1.29 is 9.84 Å². The lowest BCUT2D eigenvalue weighted by atomic mass is 9.84. The molecule has 94 valence electrons. The molecule has 0 radical (unpaired) electrons. The average molecular weight is 235 g/mol. The third-order valence-electron chi connectivity index (χ3n) is 3.51. The van der Waals surface area contributed by atoms with E-state index in [0.29, 0.717) is 6.54 Å². The van der Waals surface area contributed by atoms with Crippen LogP contribution in [0.3, 0.4) is 0 Å². The van der Waals surface area contributed by atoms with Crippen LogP contribution in [0.25, 0.3) is 0 Å². The number of aryl methyl sites for hydroxylation is 1. The summed E-state index contributed by atoms with van der Waals surface area (Å²) in [6.45, 7) is 2.57. The number of ether oxygens (including phenoxy) is 1.